The van der Waals surface area contributed by atoms with Crippen molar-refractivity contribution in [2.24, 2.45) is 0 Å². The summed E-state index contributed by atoms with van der Waals surface area (Å²) in [5.74, 6) is -4.05. The van der Waals surface area contributed by atoms with E-state index < -0.39 is 17.8 Å². The number of nitrogens with zero attached hydrogens (tertiary/aromatic N) is 3. The number of fused-ring (bicyclic) bond motifs is 1. The molecule has 1 fully saturated rings. The number of anilines is 2. The van der Waals surface area contributed by atoms with Gasteiger partial charge in [-0.05, 0) is 49.2 Å². The van der Waals surface area contributed by atoms with Crippen molar-refractivity contribution in [3.63, 3.8) is 0 Å². The predicted octanol–water partition coefficient (Wildman–Crippen LogP) is 4.51. The van der Waals surface area contributed by atoms with Crippen molar-refractivity contribution >= 4 is 34.4 Å². The zero-order chi connectivity index (χ0) is 22.9. The van der Waals surface area contributed by atoms with Crippen LogP contribution in [0.1, 0.15) is 45.5 Å². The summed E-state index contributed by atoms with van der Waals surface area (Å²) in [6, 6.07) is 9.74. The summed E-state index contributed by atoms with van der Waals surface area (Å²) in [5, 5.41) is 12.7. The molecule has 166 valence electrons. The summed E-state index contributed by atoms with van der Waals surface area (Å²) in [6.45, 7) is 2.01. The van der Waals surface area contributed by atoms with Crippen molar-refractivity contribution < 1.29 is 23.5 Å². The van der Waals surface area contributed by atoms with Crippen molar-refractivity contribution in [1.82, 2.24) is 9.97 Å². The van der Waals surface area contributed by atoms with Crippen molar-refractivity contribution in [2.75, 3.05) is 23.3 Å². The minimum atomic E-state index is -2.75. The van der Waals surface area contributed by atoms with Gasteiger partial charge in [-0.3, -0.25) is 4.79 Å². The number of halogens is 2. The van der Waals surface area contributed by atoms with Gasteiger partial charge in [0, 0.05) is 43.2 Å². The summed E-state index contributed by atoms with van der Waals surface area (Å²) in [7, 11) is 0. The largest absolute Gasteiger partial charge is 0.478 e. The van der Waals surface area contributed by atoms with Crippen LogP contribution in [0.25, 0.3) is 11.0 Å². The zero-order valence-corrected chi connectivity index (χ0v) is 17.4. The maximum absolute atomic E-state index is 13.9. The molecule has 7 nitrogen and oxygen atoms in total. The molecule has 1 aliphatic heterocycles. The normalized spacial score (nSPS) is 15.9. The van der Waals surface area contributed by atoms with E-state index in [0.717, 1.165) is 0 Å². The third kappa shape index (κ3) is 4.37. The Morgan fingerprint density at radius 3 is 2.72 bits per heavy atom. The van der Waals surface area contributed by atoms with E-state index >= 15 is 0 Å². The molecule has 2 N–H and O–H groups in total. The van der Waals surface area contributed by atoms with Crippen LogP contribution in [0.15, 0.2) is 42.6 Å². The summed E-state index contributed by atoms with van der Waals surface area (Å²) >= 11 is 0. The van der Waals surface area contributed by atoms with Crippen molar-refractivity contribution in [1.29, 1.82) is 0 Å². The number of carboxylic acids is 1. The molecule has 0 saturated carbocycles. The van der Waals surface area contributed by atoms with E-state index in [9.17, 15) is 23.5 Å². The smallest absolute Gasteiger partial charge is 0.336 e. The highest BCUT2D eigenvalue weighted by Gasteiger charge is 2.33. The predicted molar refractivity (Wildman–Crippen MR) is 117 cm³/mol. The molecule has 0 radical (unpaired) electrons. The van der Waals surface area contributed by atoms with Gasteiger partial charge in [-0.15, -0.1) is 0 Å². The van der Waals surface area contributed by atoms with E-state index in [-0.39, 0.29) is 36.9 Å². The molecule has 0 spiro atoms. The third-order valence-corrected chi connectivity index (χ3v) is 5.64. The number of alkyl halides is 2. The Morgan fingerprint density at radius 1 is 1.12 bits per heavy atom. The van der Waals surface area contributed by atoms with Gasteiger partial charge in [0.2, 0.25) is 5.92 Å². The molecule has 0 bridgehead atoms. The molecule has 3 aromatic rings. The van der Waals surface area contributed by atoms with E-state index in [4.69, 9.17) is 0 Å². The number of hydrogen-bond acceptors (Lipinski definition) is 5. The molecule has 1 saturated heterocycles. The Morgan fingerprint density at radius 2 is 1.94 bits per heavy atom. The van der Waals surface area contributed by atoms with Gasteiger partial charge in [0.1, 0.15) is 5.82 Å². The maximum atomic E-state index is 13.9. The first-order valence-electron chi connectivity index (χ1n) is 10.3. The minimum Gasteiger partial charge on any atom is -0.478 e. The summed E-state index contributed by atoms with van der Waals surface area (Å²) in [6.07, 6.45) is 1.32. The fourth-order valence-electron chi connectivity index (χ4n) is 3.87. The molecular weight excluding hydrogens is 418 g/mol. The SMILES string of the molecule is Cc1c(NC(=O)c2cc3cccnc3nc2N2CCCC(F)(F)CC2)cccc1C(=O)O. The molecule has 1 aliphatic rings. The molecule has 0 atom stereocenters. The van der Waals surface area contributed by atoms with Crippen LogP contribution in [0.4, 0.5) is 20.3 Å². The lowest BCUT2D eigenvalue weighted by Gasteiger charge is -2.24. The van der Waals surface area contributed by atoms with Gasteiger partial charge in [-0.2, -0.15) is 0 Å². The van der Waals surface area contributed by atoms with E-state index in [1.54, 1.807) is 48.4 Å². The first kappa shape index (κ1) is 21.6. The first-order valence-corrected chi connectivity index (χ1v) is 10.3. The highest BCUT2D eigenvalue weighted by Crippen LogP contribution is 2.32. The van der Waals surface area contributed by atoms with Gasteiger partial charge in [0.25, 0.3) is 5.91 Å². The average molecular weight is 440 g/mol. The number of carboxylic acid groups (broad SMARTS) is 1. The van der Waals surface area contributed by atoms with Crippen molar-refractivity contribution in [3.05, 3.63) is 59.3 Å². The van der Waals surface area contributed by atoms with Gasteiger partial charge in [0.05, 0.1) is 11.1 Å². The Balaban J connectivity index is 1.74. The van der Waals surface area contributed by atoms with Crippen LogP contribution >= 0.6 is 0 Å². The molecule has 1 aromatic carbocycles. The lowest BCUT2D eigenvalue weighted by atomic mass is 10.1. The van der Waals surface area contributed by atoms with Gasteiger partial charge < -0.3 is 15.3 Å². The summed E-state index contributed by atoms with van der Waals surface area (Å²) in [4.78, 5) is 35.2. The minimum absolute atomic E-state index is 0.0617. The summed E-state index contributed by atoms with van der Waals surface area (Å²) in [5.41, 5.74) is 1.49. The molecule has 2 aromatic heterocycles. The van der Waals surface area contributed by atoms with Crippen molar-refractivity contribution in [2.45, 2.75) is 32.1 Å². The molecule has 3 heterocycles. The van der Waals surface area contributed by atoms with Crippen LogP contribution in [-0.2, 0) is 0 Å². The quantitative estimate of drug-likeness (QED) is 0.620. The van der Waals surface area contributed by atoms with Gasteiger partial charge >= 0.3 is 5.97 Å². The molecule has 0 aliphatic carbocycles. The molecule has 32 heavy (non-hydrogen) atoms. The average Bonchev–Trinajstić information content (AvgIpc) is 2.94. The van der Waals surface area contributed by atoms with Crippen LogP contribution in [0.2, 0.25) is 0 Å². The summed E-state index contributed by atoms with van der Waals surface area (Å²) < 4.78 is 27.8. The molecule has 4 rings (SSSR count). The molecular formula is C23H22F2N4O3. The topological polar surface area (TPSA) is 95.4 Å². The highest BCUT2D eigenvalue weighted by atomic mass is 19.3. The fraction of sp³-hybridized carbons (Fsp3) is 0.304. The fourth-order valence-corrected chi connectivity index (χ4v) is 3.87. The van der Waals surface area contributed by atoms with E-state index in [1.807, 2.05) is 0 Å². The molecule has 1 amide bonds. The number of benzene rings is 1. The van der Waals surface area contributed by atoms with Gasteiger partial charge in [0.15, 0.2) is 5.65 Å². The standard InChI is InChI=1S/C23H22F2N4O3/c1-14-16(22(31)32)6-2-7-18(14)27-21(30)17-13-15-5-3-10-26-19(15)28-20(17)29-11-4-8-23(24,25)9-12-29/h2-3,5-7,10,13H,4,8-9,11-12H2,1H3,(H,27,30)(H,31,32). The second-order valence-corrected chi connectivity index (χ2v) is 7.84. The second-order valence-electron chi connectivity index (χ2n) is 7.84. The lowest BCUT2D eigenvalue weighted by Crippen LogP contribution is -2.29. The number of rotatable bonds is 4. The number of hydrogen-bond donors (Lipinski definition) is 2. The Kier molecular flexibility index (Phi) is 5.73. The number of pyridine rings is 2. The number of aromatic carboxylic acids is 1. The number of carbonyl (C=O) groups excluding carboxylic acids is 1. The lowest BCUT2D eigenvalue weighted by molar-refractivity contribution is -0.0102. The second kappa shape index (κ2) is 8.49. The number of amides is 1. The van der Waals surface area contributed by atoms with Crippen LogP contribution < -0.4 is 10.2 Å². The Bertz CT molecular complexity index is 1200. The van der Waals surface area contributed by atoms with E-state index in [0.29, 0.717) is 34.6 Å². The van der Waals surface area contributed by atoms with Crippen LogP contribution in [0.3, 0.4) is 0 Å². The van der Waals surface area contributed by atoms with Crippen LogP contribution in [-0.4, -0.2) is 46.0 Å². The van der Waals surface area contributed by atoms with E-state index in [2.05, 4.69) is 15.3 Å². The number of nitrogens with one attached hydrogen (secondary N) is 1. The Labute approximate surface area is 183 Å². The van der Waals surface area contributed by atoms with Crippen LogP contribution in [0.5, 0.6) is 0 Å². The van der Waals surface area contributed by atoms with Gasteiger partial charge in [-0.25, -0.2) is 23.5 Å². The van der Waals surface area contributed by atoms with Gasteiger partial charge in [-0.1, -0.05) is 6.07 Å². The third-order valence-electron chi connectivity index (χ3n) is 5.64. The first-order chi connectivity index (χ1) is 15.2. The van der Waals surface area contributed by atoms with E-state index in [1.165, 1.54) is 6.07 Å². The monoisotopic (exact) mass is 440 g/mol. The number of carbonyl (C=O) groups is 2. The number of aromatic nitrogens is 2. The maximum Gasteiger partial charge on any atom is 0.336 e. The highest BCUT2D eigenvalue weighted by molar-refractivity contribution is 6.10. The molecule has 0 unspecified atom stereocenters. The van der Waals surface area contributed by atoms with Crippen LogP contribution in [0, 0.1) is 6.92 Å². The Hall–Kier alpha value is -3.62. The molecule has 9 heteroatoms. The zero-order valence-electron chi connectivity index (χ0n) is 17.4. The van der Waals surface area contributed by atoms with Crippen molar-refractivity contribution in [3.8, 4) is 0 Å².